The number of carbonyl (C=O) groups excluding carboxylic acids is 1. The highest BCUT2D eigenvalue weighted by atomic mass is 16.3. The van der Waals surface area contributed by atoms with Gasteiger partial charge in [-0.05, 0) is 42.9 Å². The van der Waals surface area contributed by atoms with E-state index in [-0.39, 0.29) is 29.4 Å². The molecule has 0 saturated heterocycles. The van der Waals surface area contributed by atoms with Crippen LogP contribution in [-0.4, -0.2) is 41.7 Å². The SMILES string of the molecule is CC1C(N)CCC(C(=O)N(C)CC2CC(O)C2)C1(C)C. The Morgan fingerprint density at radius 2 is 1.95 bits per heavy atom. The third-order valence-electron chi connectivity index (χ3n) is 5.92. The summed E-state index contributed by atoms with van der Waals surface area (Å²) in [7, 11) is 1.91. The van der Waals surface area contributed by atoms with Gasteiger partial charge in [-0.1, -0.05) is 20.8 Å². The molecular formula is C16H30N2O2. The number of nitrogens with zero attached hydrogens (tertiary/aromatic N) is 1. The fourth-order valence-electron chi connectivity index (χ4n) is 3.88. The summed E-state index contributed by atoms with van der Waals surface area (Å²) >= 11 is 0. The summed E-state index contributed by atoms with van der Waals surface area (Å²) in [6.45, 7) is 7.32. The second-order valence-corrected chi connectivity index (χ2v) is 7.61. The zero-order chi connectivity index (χ0) is 15.1. The average Bonchev–Trinajstić information content (AvgIpc) is 2.33. The van der Waals surface area contributed by atoms with Crippen LogP contribution in [0.3, 0.4) is 0 Å². The highest BCUT2D eigenvalue weighted by Crippen LogP contribution is 2.45. The van der Waals surface area contributed by atoms with E-state index in [1.807, 2.05) is 11.9 Å². The molecule has 2 rings (SSSR count). The van der Waals surface area contributed by atoms with E-state index >= 15 is 0 Å². The summed E-state index contributed by atoms with van der Waals surface area (Å²) in [6.07, 6.45) is 3.37. The Kier molecular flexibility index (Phi) is 4.45. The van der Waals surface area contributed by atoms with E-state index in [1.54, 1.807) is 0 Å². The Balaban J connectivity index is 1.97. The van der Waals surface area contributed by atoms with Crippen LogP contribution in [0.1, 0.15) is 46.5 Å². The number of rotatable bonds is 3. The maximum atomic E-state index is 12.7. The highest BCUT2D eigenvalue weighted by Gasteiger charge is 2.46. The molecule has 3 N–H and O–H groups in total. The van der Waals surface area contributed by atoms with Crippen molar-refractivity contribution in [3.8, 4) is 0 Å². The molecule has 4 nitrogen and oxygen atoms in total. The lowest BCUT2D eigenvalue weighted by atomic mass is 9.60. The average molecular weight is 282 g/mol. The van der Waals surface area contributed by atoms with Gasteiger partial charge in [0, 0.05) is 25.6 Å². The van der Waals surface area contributed by atoms with Gasteiger partial charge in [-0.2, -0.15) is 0 Å². The van der Waals surface area contributed by atoms with Gasteiger partial charge in [0.15, 0.2) is 0 Å². The van der Waals surface area contributed by atoms with Gasteiger partial charge in [-0.25, -0.2) is 0 Å². The van der Waals surface area contributed by atoms with Crippen molar-refractivity contribution in [1.29, 1.82) is 0 Å². The van der Waals surface area contributed by atoms with Crippen LogP contribution in [0.2, 0.25) is 0 Å². The second-order valence-electron chi connectivity index (χ2n) is 7.61. The number of aliphatic hydroxyl groups excluding tert-OH is 1. The third kappa shape index (κ3) is 2.86. The lowest BCUT2D eigenvalue weighted by molar-refractivity contribution is -0.143. The summed E-state index contributed by atoms with van der Waals surface area (Å²) < 4.78 is 0. The minimum Gasteiger partial charge on any atom is -0.393 e. The van der Waals surface area contributed by atoms with Gasteiger partial charge in [0.05, 0.1) is 6.10 Å². The first-order chi connectivity index (χ1) is 9.23. The molecule has 1 amide bonds. The molecule has 0 radical (unpaired) electrons. The van der Waals surface area contributed by atoms with Crippen LogP contribution < -0.4 is 5.73 Å². The van der Waals surface area contributed by atoms with E-state index < -0.39 is 0 Å². The van der Waals surface area contributed by atoms with Crippen molar-refractivity contribution in [3.63, 3.8) is 0 Å². The molecule has 0 heterocycles. The third-order valence-corrected chi connectivity index (χ3v) is 5.92. The minimum absolute atomic E-state index is 0.0395. The molecule has 2 saturated carbocycles. The lowest BCUT2D eigenvalue weighted by Crippen LogP contribution is -2.52. The normalized spacial score (nSPS) is 40.0. The molecule has 2 aliphatic rings. The first-order valence-electron chi connectivity index (χ1n) is 7.92. The molecule has 0 spiro atoms. The fourth-order valence-corrected chi connectivity index (χ4v) is 3.88. The predicted molar refractivity (Wildman–Crippen MR) is 80.0 cm³/mol. The Labute approximate surface area is 122 Å². The van der Waals surface area contributed by atoms with Crippen LogP contribution in [0.15, 0.2) is 0 Å². The molecule has 3 atom stereocenters. The van der Waals surface area contributed by atoms with Gasteiger partial charge in [0.2, 0.25) is 5.91 Å². The van der Waals surface area contributed by atoms with Crippen molar-refractivity contribution in [1.82, 2.24) is 4.90 Å². The molecule has 2 fully saturated rings. The van der Waals surface area contributed by atoms with E-state index in [4.69, 9.17) is 5.73 Å². The van der Waals surface area contributed by atoms with E-state index in [2.05, 4.69) is 20.8 Å². The van der Waals surface area contributed by atoms with Crippen molar-refractivity contribution < 1.29 is 9.90 Å². The van der Waals surface area contributed by atoms with Gasteiger partial charge in [-0.15, -0.1) is 0 Å². The van der Waals surface area contributed by atoms with Crippen molar-refractivity contribution in [2.75, 3.05) is 13.6 Å². The van der Waals surface area contributed by atoms with Gasteiger partial charge in [-0.3, -0.25) is 4.79 Å². The predicted octanol–water partition coefficient (Wildman–Crippen LogP) is 1.62. The molecule has 2 aliphatic carbocycles. The Bertz CT molecular complexity index is 363. The molecule has 0 aliphatic heterocycles. The molecule has 4 heteroatoms. The summed E-state index contributed by atoms with van der Waals surface area (Å²) in [5.74, 6) is 1.18. The van der Waals surface area contributed by atoms with Gasteiger partial charge < -0.3 is 15.7 Å². The molecular weight excluding hydrogens is 252 g/mol. The van der Waals surface area contributed by atoms with Crippen LogP contribution in [-0.2, 0) is 4.79 Å². The standard InChI is InChI=1S/C16H30N2O2/c1-10-14(17)6-5-13(16(10,2)3)15(20)18(4)9-11-7-12(19)8-11/h10-14,19H,5-9,17H2,1-4H3. The van der Waals surface area contributed by atoms with Gasteiger partial charge in [0.1, 0.15) is 0 Å². The van der Waals surface area contributed by atoms with Crippen molar-refractivity contribution in [2.45, 2.75) is 58.6 Å². The molecule has 20 heavy (non-hydrogen) atoms. The second kappa shape index (κ2) is 5.64. The maximum absolute atomic E-state index is 12.7. The van der Waals surface area contributed by atoms with Crippen LogP contribution in [0.5, 0.6) is 0 Å². The highest BCUT2D eigenvalue weighted by molar-refractivity contribution is 5.79. The first kappa shape index (κ1) is 15.8. The van der Waals surface area contributed by atoms with Crippen molar-refractivity contribution in [2.24, 2.45) is 28.9 Å². The number of nitrogens with two attached hydrogens (primary N) is 1. The number of hydrogen-bond donors (Lipinski definition) is 2. The topological polar surface area (TPSA) is 66.6 Å². The molecule has 0 bridgehead atoms. The van der Waals surface area contributed by atoms with Gasteiger partial charge >= 0.3 is 0 Å². The molecule has 116 valence electrons. The fraction of sp³-hybridized carbons (Fsp3) is 0.938. The maximum Gasteiger partial charge on any atom is 0.225 e. The number of hydrogen-bond acceptors (Lipinski definition) is 3. The molecule has 0 aromatic heterocycles. The van der Waals surface area contributed by atoms with E-state index in [9.17, 15) is 9.90 Å². The Hall–Kier alpha value is -0.610. The zero-order valence-electron chi connectivity index (χ0n) is 13.3. The van der Waals surface area contributed by atoms with Crippen molar-refractivity contribution in [3.05, 3.63) is 0 Å². The minimum atomic E-state index is -0.146. The van der Waals surface area contributed by atoms with E-state index in [1.165, 1.54) is 0 Å². The Morgan fingerprint density at radius 3 is 2.50 bits per heavy atom. The number of amides is 1. The lowest BCUT2D eigenvalue weighted by Gasteiger charge is -2.47. The number of carbonyl (C=O) groups is 1. The summed E-state index contributed by atoms with van der Waals surface area (Å²) in [5.41, 5.74) is 6.13. The largest absolute Gasteiger partial charge is 0.393 e. The monoisotopic (exact) mass is 282 g/mol. The molecule has 3 unspecified atom stereocenters. The van der Waals surface area contributed by atoms with E-state index in [0.717, 1.165) is 32.2 Å². The van der Waals surface area contributed by atoms with Crippen LogP contribution >= 0.6 is 0 Å². The van der Waals surface area contributed by atoms with E-state index in [0.29, 0.717) is 11.8 Å². The zero-order valence-corrected chi connectivity index (χ0v) is 13.3. The summed E-state index contributed by atoms with van der Waals surface area (Å²) in [5, 5.41) is 9.35. The Morgan fingerprint density at radius 1 is 1.35 bits per heavy atom. The van der Waals surface area contributed by atoms with Crippen LogP contribution in [0.4, 0.5) is 0 Å². The molecule has 0 aromatic carbocycles. The number of aliphatic hydroxyl groups is 1. The molecule has 0 aromatic rings. The van der Waals surface area contributed by atoms with Crippen molar-refractivity contribution >= 4 is 5.91 Å². The van der Waals surface area contributed by atoms with Crippen LogP contribution in [0.25, 0.3) is 0 Å². The van der Waals surface area contributed by atoms with Crippen LogP contribution in [0, 0.1) is 23.2 Å². The summed E-state index contributed by atoms with van der Waals surface area (Å²) in [4.78, 5) is 14.6. The first-order valence-corrected chi connectivity index (χ1v) is 7.92. The van der Waals surface area contributed by atoms with Gasteiger partial charge in [0.25, 0.3) is 0 Å². The summed E-state index contributed by atoms with van der Waals surface area (Å²) in [6, 6.07) is 0.209. The smallest absolute Gasteiger partial charge is 0.225 e. The quantitative estimate of drug-likeness (QED) is 0.826.